The molecule has 1 aliphatic heterocycles. The number of carbonyl (C=O) groups is 2. The zero-order chi connectivity index (χ0) is 29.1. The van der Waals surface area contributed by atoms with Gasteiger partial charge in [0.1, 0.15) is 23.4 Å². The van der Waals surface area contributed by atoms with E-state index in [9.17, 15) is 33.5 Å². The lowest BCUT2D eigenvalue weighted by Gasteiger charge is -2.41. The molecule has 2 fully saturated rings. The Morgan fingerprint density at radius 2 is 1.68 bits per heavy atom. The van der Waals surface area contributed by atoms with Gasteiger partial charge in [-0.05, 0) is 60.6 Å². The maximum absolute atomic E-state index is 14.0. The predicted molar refractivity (Wildman–Crippen MR) is 152 cm³/mol. The normalized spacial score (nSPS) is 17.8. The van der Waals surface area contributed by atoms with Gasteiger partial charge in [0.25, 0.3) is 0 Å². The third-order valence-corrected chi connectivity index (χ3v) is 10.0. The highest BCUT2D eigenvalue weighted by molar-refractivity contribution is 7.89. The molecule has 1 amide bonds. The molecule has 0 radical (unpaired) electrons. The summed E-state index contributed by atoms with van der Waals surface area (Å²) in [7, 11) is -4.14. The third kappa shape index (κ3) is 5.69. The van der Waals surface area contributed by atoms with Crippen LogP contribution in [-0.4, -0.2) is 47.4 Å². The summed E-state index contributed by atoms with van der Waals surface area (Å²) in [6.45, 7) is 0.209. The van der Waals surface area contributed by atoms with Gasteiger partial charge in [-0.15, -0.1) is 0 Å². The molecule has 1 aliphatic carbocycles. The SMILES string of the molecule is N#Cc1ccccc1S(=O)(=O)N1CC[C@@H]1C(=O)N(Cc1ccc(C2CCCCC2)cc1)c1ccc(C(=O)O)c(O)c1. The standard InChI is InChI=1S/C31H31N3O6S/c32-19-24-8-4-5-9-29(24)41(39,40)34-17-16-27(34)30(36)33(25-14-15-26(31(37)38)28(35)18-25)20-21-10-12-23(13-11-21)22-6-2-1-3-7-22/h4-5,8-15,18,22,27,35H,1-3,6-7,16-17,20H2,(H,37,38)/t27-/m1/s1. The van der Waals surface area contributed by atoms with Crippen LogP contribution in [-0.2, 0) is 21.4 Å². The minimum absolute atomic E-state index is 0.00491. The van der Waals surface area contributed by atoms with Crippen LogP contribution in [0.2, 0.25) is 0 Å². The monoisotopic (exact) mass is 573 g/mol. The molecule has 0 unspecified atom stereocenters. The number of nitriles is 1. The largest absolute Gasteiger partial charge is 0.507 e. The van der Waals surface area contributed by atoms with Gasteiger partial charge >= 0.3 is 5.97 Å². The Bertz CT molecular complexity index is 1610. The van der Waals surface area contributed by atoms with Crippen molar-refractivity contribution in [2.45, 2.75) is 61.9 Å². The second-order valence-electron chi connectivity index (χ2n) is 10.5. The molecule has 0 bridgehead atoms. The van der Waals surface area contributed by atoms with Crippen molar-refractivity contribution in [3.8, 4) is 11.8 Å². The number of phenols is 1. The second kappa shape index (κ2) is 11.7. The Kier molecular flexibility index (Phi) is 8.10. The number of anilines is 1. The molecular formula is C31H31N3O6S. The molecule has 1 saturated heterocycles. The number of carboxylic acids is 1. The smallest absolute Gasteiger partial charge is 0.339 e. The summed E-state index contributed by atoms with van der Waals surface area (Å²) >= 11 is 0. The van der Waals surface area contributed by atoms with Crippen molar-refractivity contribution in [3.63, 3.8) is 0 Å². The number of hydrogen-bond acceptors (Lipinski definition) is 6. The molecule has 0 spiro atoms. The lowest BCUT2D eigenvalue weighted by molar-refractivity contribution is -0.125. The van der Waals surface area contributed by atoms with Crippen molar-refractivity contribution in [2.24, 2.45) is 0 Å². The van der Waals surface area contributed by atoms with Crippen LogP contribution in [0.3, 0.4) is 0 Å². The van der Waals surface area contributed by atoms with E-state index in [1.54, 1.807) is 6.07 Å². The Morgan fingerprint density at radius 3 is 2.29 bits per heavy atom. The molecule has 3 aromatic carbocycles. The zero-order valence-corrected chi connectivity index (χ0v) is 23.3. The van der Waals surface area contributed by atoms with Gasteiger partial charge in [0.05, 0.1) is 17.0 Å². The number of benzene rings is 3. The van der Waals surface area contributed by atoms with Crippen molar-refractivity contribution >= 4 is 27.6 Å². The van der Waals surface area contributed by atoms with Crippen LogP contribution in [0.25, 0.3) is 0 Å². The molecular weight excluding hydrogens is 542 g/mol. The summed E-state index contributed by atoms with van der Waals surface area (Å²) in [4.78, 5) is 26.7. The molecule has 1 heterocycles. The lowest BCUT2D eigenvalue weighted by Crippen LogP contribution is -2.59. The van der Waals surface area contributed by atoms with Gasteiger partial charge in [-0.2, -0.15) is 9.57 Å². The topological polar surface area (TPSA) is 139 Å². The van der Waals surface area contributed by atoms with Gasteiger partial charge < -0.3 is 15.1 Å². The summed E-state index contributed by atoms with van der Waals surface area (Å²) in [5.74, 6) is -1.80. The Labute approximate surface area is 239 Å². The van der Waals surface area contributed by atoms with Crippen molar-refractivity contribution in [2.75, 3.05) is 11.4 Å². The zero-order valence-electron chi connectivity index (χ0n) is 22.4. The molecule has 0 aromatic heterocycles. The van der Waals surface area contributed by atoms with Crippen molar-refractivity contribution in [1.82, 2.24) is 4.31 Å². The maximum Gasteiger partial charge on any atom is 0.339 e. The highest BCUT2D eigenvalue weighted by atomic mass is 32.2. The van der Waals surface area contributed by atoms with E-state index in [1.165, 1.54) is 66.1 Å². The fourth-order valence-electron chi connectivity index (χ4n) is 5.67. The average Bonchev–Trinajstić information content (AvgIpc) is 2.95. The fourth-order valence-corrected chi connectivity index (χ4v) is 7.44. The van der Waals surface area contributed by atoms with Gasteiger partial charge in [-0.25, -0.2) is 13.2 Å². The number of nitrogens with zero attached hydrogens (tertiary/aromatic N) is 3. The molecule has 2 aliphatic rings. The Balaban J connectivity index is 1.45. The second-order valence-corrected chi connectivity index (χ2v) is 12.4. The van der Waals surface area contributed by atoms with Gasteiger partial charge in [0.2, 0.25) is 15.9 Å². The first kappa shape index (κ1) is 28.3. The van der Waals surface area contributed by atoms with Gasteiger partial charge in [0, 0.05) is 18.3 Å². The predicted octanol–water partition coefficient (Wildman–Crippen LogP) is 5.01. The summed E-state index contributed by atoms with van der Waals surface area (Å²) in [6, 6.07) is 18.6. The fraction of sp³-hybridized carbons (Fsp3) is 0.323. The number of sulfonamides is 1. The van der Waals surface area contributed by atoms with Gasteiger partial charge in [-0.1, -0.05) is 55.7 Å². The molecule has 212 valence electrons. The van der Waals surface area contributed by atoms with Crippen molar-refractivity contribution in [3.05, 3.63) is 89.0 Å². The summed E-state index contributed by atoms with van der Waals surface area (Å²) in [5.41, 5.74) is 2.00. The Morgan fingerprint density at radius 1 is 0.976 bits per heavy atom. The van der Waals surface area contributed by atoms with E-state index in [4.69, 9.17) is 0 Å². The number of rotatable bonds is 8. The number of carboxylic acid groups (broad SMARTS) is 1. The van der Waals surface area contributed by atoms with E-state index in [0.717, 1.165) is 22.7 Å². The van der Waals surface area contributed by atoms with Gasteiger partial charge in [-0.3, -0.25) is 4.79 Å². The highest BCUT2D eigenvalue weighted by Crippen LogP contribution is 2.35. The number of aromatic carboxylic acids is 1. The van der Waals surface area contributed by atoms with Crippen LogP contribution < -0.4 is 4.90 Å². The van der Waals surface area contributed by atoms with E-state index >= 15 is 0 Å². The van der Waals surface area contributed by atoms with Crippen LogP contribution in [0, 0.1) is 11.3 Å². The van der Waals surface area contributed by atoms with Crippen LogP contribution in [0.15, 0.2) is 71.6 Å². The van der Waals surface area contributed by atoms with Gasteiger partial charge in [0.15, 0.2) is 0 Å². The summed E-state index contributed by atoms with van der Waals surface area (Å²) < 4.78 is 28.1. The molecule has 41 heavy (non-hydrogen) atoms. The third-order valence-electron chi connectivity index (χ3n) is 8.04. The quantitative estimate of drug-likeness (QED) is 0.386. The van der Waals surface area contributed by atoms with Crippen LogP contribution in [0.4, 0.5) is 5.69 Å². The van der Waals surface area contributed by atoms with E-state index in [-0.39, 0.29) is 41.2 Å². The minimum atomic E-state index is -4.14. The molecule has 2 N–H and O–H groups in total. The van der Waals surface area contributed by atoms with E-state index in [2.05, 4.69) is 12.1 Å². The minimum Gasteiger partial charge on any atom is -0.507 e. The first-order valence-corrected chi connectivity index (χ1v) is 15.1. The molecule has 9 nitrogen and oxygen atoms in total. The average molecular weight is 574 g/mol. The van der Waals surface area contributed by atoms with Crippen molar-refractivity contribution < 1.29 is 28.2 Å². The van der Waals surface area contributed by atoms with Crippen LogP contribution >= 0.6 is 0 Å². The number of carbonyl (C=O) groups excluding carboxylic acids is 1. The summed E-state index contributed by atoms with van der Waals surface area (Å²) in [6.07, 6.45) is 6.27. The highest BCUT2D eigenvalue weighted by Gasteiger charge is 2.45. The number of aromatic hydroxyl groups is 1. The molecule has 3 aromatic rings. The van der Waals surface area contributed by atoms with Crippen LogP contribution in [0.1, 0.15) is 71.5 Å². The van der Waals surface area contributed by atoms with E-state index in [0.29, 0.717) is 5.92 Å². The molecule has 5 rings (SSSR count). The Hall–Kier alpha value is -4.20. The first-order valence-electron chi connectivity index (χ1n) is 13.7. The lowest BCUT2D eigenvalue weighted by atomic mass is 9.84. The molecule has 1 atom stereocenters. The summed E-state index contributed by atoms with van der Waals surface area (Å²) in [5, 5.41) is 29.2. The molecule has 10 heteroatoms. The molecule has 1 saturated carbocycles. The van der Waals surface area contributed by atoms with Crippen molar-refractivity contribution in [1.29, 1.82) is 5.26 Å². The van der Waals surface area contributed by atoms with E-state index < -0.39 is 33.7 Å². The van der Waals surface area contributed by atoms with E-state index in [1.807, 2.05) is 18.2 Å². The maximum atomic E-state index is 14.0. The number of amides is 1. The number of hydrogen-bond donors (Lipinski definition) is 2. The first-order chi connectivity index (χ1) is 19.7. The van der Waals surface area contributed by atoms with Crippen LogP contribution in [0.5, 0.6) is 5.75 Å².